The van der Waals surface area contributed by atoms with E-state index in [1.165, 1.54) is 44.1 Å². The van der Waals surface area contributed by atoms with Crippen molar-refractivity contribution >= 4 is 23.9 Å². The highest BCUT2D eigenvalue weighted by Crippen LogP contribution is 2.17. The Morgan fingerprint density at radius 3 is 1.25 bits per heavy atom. The molecule has 0 aromatic heterocycles. The Bertz CT molecular complexity index is 1490. The smallest absolute Gasteiger partial charge is 0.309 e. The molecule has 0 spiro atoms. The minimum Gasteiger partial charge on any atom is -0.491 e. The quantitative estimate of drug-likeness (QED) is 0.0343. The van der Waals surface area contributed by atoms with Crippen molar-refractivity contribution in [2.75, 3.05) is 119 Å². The van der Waals surface area contributed by atoms with Gasteiger partial charge in [-0.3, -0.25) is 19.2 Å². The van der Waals surface area contributed by atoms with Crippen LogP contribution in [-0.4, -0.2) is 160 Å². The lowest BCUT2D eigenvalue weighted by molar-refractivity contribution is -0.166. The van der Waals surface area contributed by atoms with E-state index in [1.54, 1.807) is 55.6 Å². The Hall–Kier alpha value is -3.42. The van der Waals surface area contributed by atoms with Gasteiger partial charge in [-0.15, -0.1) is 0 Å². The molecule has 0 bridgehead atoms. The zero-order chi connectivity index (χ0) is 62.6. The molecule has 17 heteroatoms. The first kappa shape index (κ1) is 86.4. The van der Waals surface area contributed by atoms with Gasteiger partial charge in [0.25, 0.3) is 0 Å². The lowest BCUT2D eigenvalue weighted by atomic mass is 9.97. The summed E-state index contributed by atoms with van der Waals surface area (Å²) < 4.78 is 67.2. The lowest BCUT2D eigenvalue weighted by Crippen LogP contribution is -2.30. The first-order chi connectivity index (χ1) is 38.3. The second-order valence-electron chi connectivity index (χ2n) is 21.8. The minimum absolute atomic E-state index is 0.0478. The predicted molar refractivity (Wildman–Crippen MR) is 326 cm³/mol. The van der Waals surface area contributed by atoms with Crippen LogP contribution in [0.5, 0.6) is 5.75 Å². The SMILES string of the molecule is CC(CC(=O)OC(C)(C)C)C(=O)OC(C)(C)C.CCCC(=O)OC(C)(C)C.CCCC(=O)OCCOCCOCC.CCCCC(CC)CC.CCCCOCCOCCOCC.COCCOCCOCCOc1ccc(C)cc1. The van der Waals surface area contributed by atoms with Crippen molar-refractivity contribution in [3.8, 4) is 5.75 Å². The van der Waals surface area contributed by atoms with E-state index in [2.05, 4.69) is 34.6 Å². The van der Waals surface area contributed by atoms with Crippen LogP contribution in [0.2, 0.25) is 0 Å². The molecule has 0 aliphatic carbocycles. The van der Waals surface area contributed by atoms with Crippen molar-refractivity contribution < 1.29 is 80.8 Å². The molecular formula is C64H124O17. The van der Waals surface area contributed by atoms with E-state index in [0.717, 1.165) is 44.1 Å². The van der Waals surface area contributed by atoms with Gasteiger partial charge in [0.2, 0.25) is 0 Å². The number of hydrogen-bond acceptors (Lipinski definition) is 17. The number of carbonyl (C=O) groups is 4. The number of rotatable bonds is 39. The summed E-state index contributed by atoms with van der Waals surface area (Å²) in [7, 11) is 1.66. The van der Waals surface area contributed by atoms with Crippen molar-refractivity contribution in [1.29, 1.82) is 0 Å². The molecule has 0 radical (unpaired) electrons. The lowest BCUT2D eigenvalue weighted by Gasteiger charge is -2.23. The van der Waals surface area contributed by atoms with Gasteiger partial charge in [0.05, 0.1) is 91.6 Å². The molecule has 17 nitrogen and oxygen atoms in total. The van der Waals surface area contributed by atoms with Crippen LogP contribution < -0.4 is 4.74 Å². The maximum Gasteiger partial charge on any atom is 0.309 e. The highest BCUT2D eigenvalue weighted by Gasteiger charge is 2.26. The van der Waals surface area contributed by atoms with E-state index in [4.69, 9.17) is 61.6 Å². The highest BCUT2D eigenvalue weighted by atomic mass is 16.6. The van der Waals surface area contributed by atoms with Crippen LogP contribution >= 0.6 is 0 Å². The first-order valence-corrected chi connectivity index (χ1v) is 30.3. The molecule has 1 aromatic carbocycles. The summed E-state index contributed by atoms with van der Waals surface area (Å²) >= 11 is 0. The topological polar surface area (TPSA) is 188 Å². The van der Waals surface area contributed by atoms with Crippen LogP contribution in [0.4, 0.5) is 0 Å². The van der Waals surface area contributed by atoms with Crippen molar-refractivity contribution in [2.24, 2.45) is 11.8 Å². The fraction of sp³-hybridized carbons (Fsp3) is 0.844. The summed E-state index contributed by atoms with van der Waals surface area (Å²) in [4.78, 5) is 44.9. The number of benzene rings is 1. The van der Waals surface area contributed by atoms with E-state index in [9.17, 15) is 19.2 Å². The number of hydrogen-bond donors (Lipinski definition) is 0. The Labute approximate surface area is 495 Å². The molecule has 1 aromatic rings. The minimum atomic E-state index is -0.528. The normalized spacial score (nSPS) is 11.3. The van der Waals surface area contributed by atoms with Crippen molar-refractivity contribution in [3.05, 3.63) is 29.8 Å². The number of esters is 4. The van der Waals surface area contributed by atoms with Gasteiger partial charge >= 0.3 is 23.9 Å². The van der Waals surface area contributed by atoms with Gasteiger partial charge in [-0.05, 0) is 120 Å². The largest absolute Gasteiger partial charge is 0.491 e. The zero-order valence-corrected chi connectivity index (χ0v) is 55.4. The van der Waals surface area contributed by atoms with Crippen molar-refractivity contribution in [1.82, 2.24) is 0 Å². The monoisotopic (exact) mass is 1160 g/mol. The number of methoxy groups -OCH3 is 1. The summed E-state index contributed by atoms with van der Waals surface area (Å²) in [6.45, 7) is 47.5. The molecule has 1 unspecified atom stereocenters. The van der Waals surface area contributed by atoms with Crippen molar-refractivity contribution in [2.45, 2.75) is 225 Å². The summed E-state index contributed by atoms with van der Waals surface area (Å²) in [5.41, 5.74) is -0.150. The molecule has 482 valence electrons. The van der Waals surface area contributed by atoms with Gasteiger partial charge in [-0.25, -0.2) is 0 Å². The van der Waals surface area contributed by atoms with Gasteiger partial charge in [-0.2, -0.15) is 0 Å². The van der Waals surface area contributed by atoms with Crippen LogP contribution in [-0.2, 0) is 76.0 Å². The molecule has 0 aliphatic rings. The summed E-state index contributed by atoms with van der Waals surface area (Å²) in [6.07, 6.45) is 12.0. The van der Waals surface area contributed by atoms with Crippen LogP contribution in [0.25, 0.3) is 0 Å². The molecule has 0 saturated heterocycles. The van der Waals surface area contributed by atoms with Crippen LogP contribution in [0, 0.1) is 18.8 Å². The molecule has 1 rings (SSSR count). The molecule has 0 aliphatic heterocycles. The Morgan fingerprint density at radius 1 is 0.444 bits per heavy atom. The average molecular weight is 1170 g/mol. The van der Waals surface area contributed by atoms with Gasteiger partial charge < -0.3 is 61.6 Å². The van der Waals surface area contributed by atoms with Crippen LogP contribution in [0.3, 0.4) is 0 Å². The fourth-order valence-electron chi connectivity index (χ4n) is 5.91. The average Bonchev–Trinajstić information content (AvgIpc) is 3.38. The molecule has 0 amide bonds. The van der Waals surface area contributed by atoms with Gasteiger partial charge in [-0.1, -0.05) is 105 Å². The number of carbonyl (C=O) groups excluding carboxylic acids is 4. The van der Waals surface area contributed by atoms with Crippen LogP contribution in [0.15, 0.2) is 24.3 Å². The van der Waals surface area contributed by atoms with Crippen LogP contribution in [0.1, 0.15) is 207 Å². The molecule has 1 atom stereocenters. The standard InChI is InChI=1S/C14H22O4.C13H24O4.C10H20O4.C10H22O3.C9H20.C8H16O2/c1-13-3-5-14(6-4-13)18-12-11-17-10-9-16-8-7-15-2;1-9(11(15)17-13(5,6)7)8-10(14)16-12(2,3)4;1-3-5-10(11)14-9-8-13-7-6-12-4-2;1-3-5-6-12-9-10-13-8-7-11-4-2;1-4-7-8-9(5-2)6-3;1-5-6-7(9)10-8(2,3)4/h3-6H,7-12H2,1-2H3;9H,8H2,1-7H3;3-9H2,1-2H3;3-10H2,1-2H3;9H,4-8H2,1-3H3;5-6H2,1-4H3. The first-order valence-electron chi connectivity index (χ1n) is 30.3. The number of ether oxygens (including phenoxy) is 13. The van der Waals surface area contributed by atoms with E-state index in [1.807, 2.05) is 72.7 Å². The molecule has 81 heavy (non-hydrogen) atoms. The summed E-state index contributed by atoms with van der Waals surface area (Å²) in [5, 5.41) is 0. The van der Waals surface area contributed by atoms with Gasteiger partial charge in [0, 0.05) is 39.8 Å². The molecular weight excluding hydrogens is 1040 g/mol. The van der Waals surface area contributed by atoms with Crippen molar-refractivity contribution in [3.63, 3.8) is 0 Å². The zero-order valence-electron chi connectivity index (χ0n) is 55.4. The second kappa shape index (κ2) is 61.1. The summed E-state index contributed by atoms with van der Waals surface area (Å²) in [5.74, 6) is 0.393. The maximum absolute atomic E-state index is 11.6. The predicted octanol–water partition coefficient (Wildman–Crippen LogP) is 13.7. The fourth-order valence-corrected chi connectivity index (χ4v) is 5.91. The van der Waals surface area contributed by atoms with E-state index < -0.39 is 17.1 Å². The highest BCUT2D eigenvalue weighted by molar-refractivity contribution is 5.80. The van der Waals surface area contributed by atoms with E-state index in [0.29, 0.717) is 112 Å². The van der Waals surface area contributed by atoms with E-state index >= 15 is 0 Å². The summed E-state index contributed by atoms with van der Waals surface area (Å²) in [6, 6.07) is 7.98. The van der Waals surface area contributed by atoms with Gasteiger partial charge in [0.1, 0.15) is 35.8 Å². The molecule has 0 saturated carbocycles. The Kier molecular flexibility index (Phi) is 65.2. The van der Waals surface area contributed by atoms with E-state index in [-0.39, 0.29) is 35.9 Å². The Morgan fingerprint density at radius 2 is 0.840 bits per heavy atom. The third-order valence-corrected chi connectivity index (χ3v) is 10.1. The third kappa shape index (κ3) is 78.7. The van der Waals surface area contributed by atoms with Gasteiger partial charge in [0.15, 0.2) is 0 Å². The molecule has 0 heterocycles. The maximum atomic E-state index is 11.6. The second-order valence-corrected chi connectivity index (χ2v) is 21.8. The number of aryl methyl sites for hydroxylation is 1. The third-order valence-electron chi connectivity index (χ3n) is 10.1. The Balaban J connectivity index is -0.000000290. The number of unbranched alkanes of at least 4 members (excludes halogenated alkanes) is 2. The molecule has 0 fully saturated rings. The molecule has 0 N–H and O–H groups in total.